The first-order valence-electron chi connectivity index (χ1n) is 6.02. The lowest BCUT2D eigenvalue weighted by Gasteiger charge is -2.13. The van der Waals surface area contributed by atoms with Crippen LogP contribution in [0.15, 0.2) is 24.4 Å². The minimum Gasteiger partial charge on any atom is -0.497 e. The fourth-order valence-corrected chi connectivity index (χ4v) is 2.19. The second-order valence-corrected chi connectivity index (χ2v) is 4.89. The monoisotopic (exact) mass is 232 g/mol. The minimum absolute atomic E-state index is 0.0795. The number of fused-ring (bicyclic) bond motifs is 1. The third kappa shape index (κ3) is 2.44. The summed E-state index contributed by atoms with van der Waals surface area (Å²) in [6.07, 6.45) is 3.00. The van der Waals surface area contributed by atoms with Gasteiger partial charge in [-0.25, -0.2) is 0 Å². The quantitative estimate of drug-likeness (QED) is 0.850. The number of methoxy groups -OCH3 is 1. The highest BCUT2D eigenvalue weighted by Gasteiger charge is 2.13. The zero-order chi connectivity index (χ0) is 12.4. The van der Waals surface area contributed by atoms with Gasteiger partial charge >= 0.3 is 0 Å². The Hall–Kier alpha value is -1.48. The second kappa shape index (κ2) is 4.80. The van der Waals surface area contributed by atoms with E-state index in [1.165, 1.54) is 5.56 Å². The van der Waals surface area contributed by atoms with Crippen molar-refractivity contribution < 1.29 is 4.74 Å². The standard InChI is InChI=1S/C14H20N2O/c1-9(2)6-13(15)12-8-16-14-5-4-10(17-3)7-11(12)14/h4-5,7-9,13,16H,6,15H2,1-3H3/t13-/m0/s1. The molecular weight excluding hydrogens is 212 g/mol. The normalized spacial score (nSPS) is 13.2. The molecule has 0 bridgehead atoms. The topological polar surface area (TPSA) is 51.0 Å². The number of hydrogen-bond acceptors (Lipinski definition) is 2. The Balaban J connectivity index is 2.39. The van der Waals surface area contributed by atoms with Crippen molar-refractivity contribution in [1.29, 1.82) is 0 Å². The number of benzene rings is 1. The molecule has 1 atom stereocenters. The van der Waals surface area contributed by atoms with Crippen LogP contribution in [0, 0.1) is 5.92 Å². The van der Waals surface area contributed by atoms with E-state index in [0.29, 0.717) is 5.92 Å². The molecule has 2 rings (SSSR count). The van der Waals surface area contributed by atoms with E-state index in [2.05, 4.69) is 18.8 Å². The van der Waals surface area contributed by atoms with Crippen LogP contribution in [-0.2, 0) is 0 Å². The molecule has 1 aromatic heterocycles. The van der Waals surface area contributed by atoms with E-state index in [-0.39, 0.29) is 6.04 Å². The molecule has 0 aliphatic carbocycles. The van der Waals surface area contributed by atoms with Crippen molar-refractivity contribution in [3.05, 3.63) is 30.0 Å². The molecule has 0 spiro atoms. The van der Waals surface area contributed by atoms with Crippen LogP contribution in [0.4, 0.5) is 0 Å². The van der Waals surface area contributed by atoms with Gasteiger partial charge < -0.3 is 15.5 Å². The molecule has 0 aliphatic heterocycles. The molecule has 0 saturated heterocycles. The van der Waals surface area contributed by atoms with Crippen molar-refractivity contribution in [2.45, 2.75) is 26.3 Å². The number of ether oxygens (including phenoxy) is 1. The summed E-state index contributed by atoms with van der Waals surface area (Å²) < 4.78 is 5.25. The third-order valence-corrected chi connectivity index (χ3v) is 3.05. The molecule has 0 fully saturated rings. The fraction of sp³-hybridized carbons (Fsp3) is 0.429. The van der Waals surface area contributed by atoms with Crippen molar-refractivity contribution in [2.75, 3.05) is 7.11 Å². The maximum absolute atomic E-state index is 6.24. The van der Waals surface area contributed by atoms with Gasteiger partial charge in [-0.2, -0.15) is 0 Å². The average Bonchev–Trinajstić information content (AvgIpc) is 2.70. The Morgan fingerprint density at radius 1 is 1.35 bits per heavy atom. The van der Waals surface area contributed by atoms with Crippen molar-refractivity contribution in [2.24, 2.45) is 11.7 Å². The maximum atomic E-state index is 6.24. The van der Waals surface area contributed by atoms with Gasteiger partial charge in [0, 0.05) is 23.1 Å². The molecule has 0 amide bonds. The van der Waals surface area contributed by atoms with Crippen molar-refractivity contribution in [3.63, 3.8) is 0 Å². The van der Waals surface area contributed by atoms with Gasteiger partial charge in [0.25, 0.3) is 0 Å². The van der Waals surface area contributed by atoms with E-state index in [1.54, 1.807) is 7.11 Å². The number of nitrogens with one attached hydrogen (secondary N) is 1. The summed E-state index contributed by atoms with van der Waals surface area (Å²) in [5.74, 6) is 1.47. The van der Waals surface area contributed by atoms with Gasteiger partial charge in [-0.3, -0.25) is 0 Å². The molecule has 1 aromatic carbocycles. The Bertz CT molecular complexity index is 502. The summed E-state index contributed by atoms with van der Waals surface area (Å²) in [7, 11) is 1.68. The van der Waals surface area contributed by atoms with Crippen molar-refractivity contribution >= 4 is 10.9 Å². The highest BCUT2D eigenvalue weighted by molar-refractivity contribution is 5.85. The summed E-state index contributed by atoms with van der Waals surface area (Å²) in [5.41, 5.74) is 8.52. The smallest absolute Gasteiger partial charge is 0.119 e. The van der Waals surface area contributed by atoms with E-state index in [0.717, 1.165) is 23.1 Å². The summed E-state index contributed by atoms with van der Waals surface area (Å²) in [4.78, 5) is 3.26. The SMILES string of the molecule is COc1ccc2[nH]cc([C@@H](N)CC(C)C)c2c1. The van der Waals surface area contributed by atoms with Gasteiger partial charge in [-0.05, 0) is 36.1 Å². The largest absolute Gasteiger partial charge is 0.497 e. The maximum Gasteiger partial charge on any atom is 0.119 e. The molecule has 92 valence electrons. The minimum atomic E-state index is 0.0795. The fourth-order valence-electron chi connectivity index (χ4n) is 2.19. The number of aromatic nitrogens is 1. The van der Waals surface area contributed by atoms with Crippen LogP contribution < -0.4 is 10.5 Å². The van der Waals surface area contributed by atoms with Gasteiger partial charge in [0.2, 0.25) is 0 Å². The number of nitrogens with two attached hydrogens (primary N) is 1. The Morgan fingerprint density at radius 2 is 2.12 bits per heavy atom. The van der Waals surface area contributed by atoms with Crippen LogP contribution >= 0.6 is 0 Å². The summed E-state index contributed by atoms with van der Waals surface area (Å²) in [6, 6.07) is 6.10. The van der Waals surface area contributed by atoms with Crippen molar-refractivity contribution in [1.82, 2.24) is 4.98 Å². The van der Waals surface area contributed by atoms with Crippen LogP contribution in [0.1, 0.15) is 31.9 Å². The number of rotatable bonds is 4. The molecule has 2 aromatic rings. The van der Waals surface area contributed by atoms with E-state index in [4.69, 9.17) is 10.5 Å². The molecule has 3 heteroatoms. The van der Waals surface area contributed by atoms with E-state index < -0.39 is 0 Å². The predicted octanol–water partition coefficient (Wildman–Crippen LogP) is 3.22. The second-order valence-electron chi connectivity index (χ2n) is 4.89. The van der Waals surface area contributed by atoms with Gasteiger partial charge in [0.15, 0.2) is 0 Å². The molecule has 1 heterocycles. The van der Waals surface area contributed by atoms with Crippen LogP contribution in [0.2, 0.25) is 0 Å². The number of H-pyrrole nitrogens is 1. The molecule has 0 aliphatic rings. The number of hydrogen-bond donors (Lipinski definition) is 2. The van der Waals surface area contributed by atoms with E-state index in [1.807, 2.05) is 24.4 Å². The lowest BCUT2D eigenvalue weighted by atomic mass is 9.97. The zero-order valence-corrected chi connectivity index (χ0v) is 10.7. The molecule has 0 radical (unpaired) electrons. The van der Waals surface area contributed by atoms with Crippen LogP contribution in [0.25, 0.3) is 10.9 Å². The van der Waals surface area contributed by atoms with Gasteiger partial charge in [-0.1, -0.05) is 13.8 Å². The summed E-state index contributed by atoms with van der Waals surface area (Å²) >= 11 is 0. The molecule has 3 N–H and O–H groups in total. The molecule has 3 nitrogen and oxygen atoms in total. The third-order valence-electron chi connectivity index (χ3n) is 3.05. The van der Waals surface area contributed by atoms with E-state index in [9.17, 15) is 0 Å². The highest BCUT2D eigenvalue weighted by atomic mass is 16.5. The van der Waals surface area contributed by atoms with Crippen LogP contribution in [0.3, 0.4) is 0 Å². The van der Waals surface area contributed by atoms with Crippen LogP contribution in [-0.4, -0.2) is 12.1 Å². The van der Waals surface area contributed by atoms with Gasteiger partial charge in [0.05, 0.1) is 7.11 Å². The summed E-state index contributed by atoms with van der Waals surface area (Å²) in [6.45, 7) is 4.38. The van der Waals surface area contributed by atoms with E-state index >= 15 is 0 Å². The van der Waals surface area contributed by atoms with Crippen LogP contribution in [0.5, 0.6) is 5.75 Å². The molecule has 0 saturated carbocycles. The predicted molar refractivity (Wildman–Crippen MR) is 71.2 cm³/mol. The first kappa shape index (κ1) is 12.0. The molecular formula is C14H20N2O. The highest BCUT2D eigenvalue weighted by Crippen LogP contribution is 2.29. The lowest BCUT2D eigenvalue weighted by Crippen LogP contribution is -2.12. The Labute approximate surface area is 102 Å². The Morgan fingerprint density at radius 3 is 2.76 bits per heavy atom. The van der Waals surface area contributed by atoms with Crippen molar-refractivity contribution in [3.8, 4) is 5.75 Å². The first-order valence-corrected chi connectivity index (χ1v) is 6.02. The molecule has 0 unspecified atom stereocenters. The lowest BCUT2D eigenvalue weighted by molar-refractivity contribution is 0.415. The van der Waals surface area contributed by atoms with Gasteiger partial charge in [0.1, 0.15) is 5.75 Å². The first-order chi connectivity index (χ1) is 8.11. The van der Waals surface area contributed by atoms with Gasteiger partial charge in [-0.15, -0.1) is 0 Å². The summed E-state index contributed by atoms with van der Waals surface area (Å²) in [5, 5.41) is 1.16. The molecule has 17 heavy (non-hydrogen) atoms. The Kier molecular flexibility index (Phi) is 3.38. The average molecular weight is 232 g/mol. The number of aromatic amines is 1. The zero-order valence-electron chi connectivity index (χ0n) is 10.7.